The molecule has 0 fully saturated rings. The highest BCUT2D eigenvalue weighted by Crippen LogP contribution is 2.23. The minimum Gasteiger partial charge on any atom is -0.449 e. The number of esters is 1. The van der Waals surface area contributed by atoms with Crippen LogP contribution in [0.15, 0.2) is 30.3 Å². The first-order chi connectivity index (χ1) is 15.1. The van der Waals surface area contributed by atoms with E-state index >= 15 is 0 Å². The van der Waals surface area contributed by atoms with E-state index < -0.39 is 53.6 Å². The lowest BCUT2D eigenvalue weighted by Gasteiger charge is -2.14. The Balaban J connectivity index is 1.55. The number of hydrogen-bond donors (Lipinski definition) is 3. The first-order valence-electron chi connectivity index (χ1n) is 9.59. The molecular formula is C22H20F3N3O4. The molecule has 2 amide bonds. The lowest BCUT2D eigenvalue weighted by molar-refractivity contribution is -0.130. The third kappa shape index (κ3) is 4.74. The smallest absolute Gasteiger partial charge is 0.338 e. The number of halogens is 3. The molecule has 0 aliphatic heterocycles. The van der Waals surface area contributed by atoms with Crippen molar-refractivity contribution in [3.63, 3.8) is 0 Å². The topological polar surface area (TPSA) is 100 Å². The second-order valence-corrected chi connectivity index (χ2v) is 7.17. The molecule has 3 rings (SSSR count). The maximum atomic E-state index is 13.6. The lowest BCUT2D eigenvalue weighted by Crippen LogP contribution is -2.40. The SMILES string of the molecule is Cc1[nH]c2ccc(C(=O)O[C@H](C)C(=O)NCC(=O)Nc3ccc(F)c(F)c3F)cc2c1C. The Morgan fingerprint density at radius 1 is 1.06 bits per heavy atom. The van der Waals surface area contributed by atoms with Crippen LogP contribution in [0.4, 0.5) is 18.9 Å². The molecule has 1 heterocycles. The van der Waals surface area contributed by atoms with E-state index in [1.807, 2.05) is 19.2 Å². The van der Waals surface area contributed by atoms with Gasteiger partial charge in [-0.15, -0.1) is 0 Å². The second-order valence-electron chi connectivity index (χ2n) is 7.17. The number of aromatic nitrogens is 1. The monoisotopic (exact) mass is 447 g/mol. The van der Waals surface area contributed by atoms with Crippen LogP contribution in [0.5, 0.6) is 0 Å². The molecule has 0 spiro atoms. The number of H-pyrrole nitrogens is 1. The molecule has 3 aromatic rings. The highest BCUT2D eigenvalue weighted by atomic mass is 19.2. The van der Waals surface area contributed by atoms with Crippen LogP contribution >= 0.6 is 0 Å². The summed E-state index contributed by atoms with van der Waals surface area (Å²) < 4.78 is 44.9. The quantitative estimate of drug-likeness (QED) is 0.398. The molecule has 32 heavy (non-hydrogen) atoms. The van der Waals surface area contributed by atoms with Crippen molar-refractivity contribution in [2.24, 2.45) is 0 Å². The number of aromatic amines is 1. The van der Waals surface area contributed by atoms with Crippen molar-refractivity contribution in [1.29, 1.82) is 0 Å². The number of benzene rings is 2. The Labute approximate surface area is 180 Å². The molecule has 0 radical (unpaired) electrons. The Morgan fingerprint density at radius 3 is 2.50 bits per heavy atom. The van der Waals surface area contributed by atoms with Gasteiger partial charge in [-0.2, -0.15) is 0 Å². The number of fused-ring (bicyclic) bond motifs is 1. The fraction of sp³-hybridized carbons (Fsp3) is 0.227. The van der Waals surface area contributed by atoms with Gasteiger partial charge in [0, 0.05) is 16.6 Å². The summed E-state index contributed by atoms with van der Waals surface area (Å²) in [6.45, 7) is 4.55. The van der Waals surface area contributed by atoms with Crippen molar-refractivity contribution in [2.45, 2.75) is 26.9 Å². The number of carbonyl (C=O) groups is 3. The number of anilines is 1. The maximum absolute atomic E-state index is 13.6. The Morgan fingerprint density at radius 2 is 1.78 bits per heavy atom. The zero-order valence-corrected chi connectivity index (χ0v) is 17.4. The molecule has 2 aromatic carbocycles. The number of hydrogen-bond acceptors (Lipinski definition) is 4. The van der Waals surface area contributed by atoms with Gasteiger partial charge in [-0.1, -0.05) is 0 Å². The molecule has 3 N–H and O–H groups in total. The number of rotatable bonds is 6. The zero-order chi connectivity index (χ0) is 23.6. The van der Waals surface area contributed by atoms with Gasteiger partial charge in [0.1, 0.15) is 0 Å². The van der Waals surface area contributed by atoms with Gasteiger partial charge in [0.05, 0.1) is 17.8 Å². The first-order valence-corrected chi connectivity index (χ1v) is 9.59. The Bertz CT molecular complexity index is 1220. The summed E-state index contributed by atoms with van der Waals surface area (Å²) in [6, 6.07) is 6.46. The number of aryl methyl sites for hydroxylation is 2. The van der Waals surface area contributed by atoms with E-state index in [0.29, 0.717) is 6.07 Å². The Kier molecular flexibility index (Phi) is 6.52. The van der Waals surface area contributed by atoms with Gasteiger partial charge in [-0.25, -0.2) is 18.0 Å². The minimum atomic E-state index is -1.73. The predicted molar refractivity (Wildman–Crippen MR) is 111 cm³/mol. The molecular weight excluding hydrogens is 427 g/mol. The van der Waals surface area contributed by atoms with Gasteiger partial charge < -0.3 is 20.4 Å². The standard InChI is InChI=1S/C22H20F3N3O4/c1-10-11(2)27-16-6-4-13(8-14(10)16)22(31)32-12(3)21(30)26-9-18(29)28-17-7-5-15(23)19(24)20(17)25/h4-8,12,27H,9H2,1-3H3,(H,26,30)(H,28,29)/t12-/m1/s1. The fourth-order valence-electron chi connectivity index (χ4n) is 3.00. The summed E-state index contributed by atoms with van der Waals surface area (Å²) in [5, 5.41) is 5.10. The molecule has 10 heteroatoms. The van der Waals surface area contributed by atoms with Crippen molar-refractivity contribution >= 4 is 34.4 Å². The Hall–Kier alpha value is -3.82. The van der Waals surface area contributed by atoms with Crippen molar-refractivity contribution < 1.29 is 32.3 Å². The summed E-state index contributed by atoms with van der Waals surface area (Å²) in [7, 11) is 0. The van der Waals surface area contributed by atoms with E-state index in [2.05, 4.69) is 10.3 Å². The maximum Gasteiger partial charge on any atom is 0.338 e. The highest BCUT2D eigenvalue weighted by Gasteiger charge is 2.21. The molecule has 0 aliphatic carbocycles. The highest BCUT2D eigenvalue weighted by molar-refractivity contribution is 5.98. The van der Waals surface area contributed by atoms with Crippen molar-refractivity contribution in [2.75, 3.05) is 11.9 Å². The van der Waals surface area contributed by atoms with Gasteiger partial charge in [0.15, 0.2) is 23.6 Å². The predicted octanol–water partition coefficient (Wildman–Crippen LogP) is 3.50. The summed E-state index contributed by atoms with van der Waals surface area (Å²) in [6.07, 6.45) is -1.22. The first kappa shape index (κ1) is 22.9. The average Bonchev–Trinajstić information content (AvgIpc) is 3.05. The molecule has 168 valence electrons. The van der Waals surface area contributed by atoms with Crippen LogP contribution in [0.2, 0.25) is 0 Å². The van der Waals surface area contributed by atoms with Gasteiger partial charge in [0.25, 0.3) is 5.91 Å². The largest absolute Gasteiger partial charge is 0.449 e. The van der Waals surface area contributed by atoms with Crippen LogP contribution in [0, 0.1) is 31.3 Å². The number of carbonyl (C=O) groups excluding carboxylic acids is 3. The van der Waals surface area contributed by atoms with Gasteiger partial charge in [-0.05, 0) is 56.7 Å². The number of amides is 2. The molecule has 0 saturated carbocycles. The molecule has 0 bridgehead atoms. The van der Waals surface area contributed by atoms with Crippen LogP contribution in [0.1, 0.15) is 28.5 Å². The third-order valence-electron chi connectivity index (χ3n) is 4.93. The molecule has 0 aliphatic rings. The van der Waals surface area contributed by atoms with E-state index in [0.717, 1.165) is 28.2 Å². The number of nitrogens with one attached hydrogen (secondary N) is 3. The summed E-state index contributed by atoms with van der Waals surface area (Å²) in [5.74, 6) is -7.06. The molecule has 1 atom stereocenters. The molecule has 0 unspecified atom stereocenters. The minimum absolute atomic E-state index is 0.255. The average molecular weight is 447 g/mol. The van der Waals surface area contributed by atoms with E-state index in [-0.39, 0.29) is 5.56 Å². The van der Waals surface area contributed by atoms with Crippen molar-refractivity contribution in [1.82, 2.24) is 10.3 Å². The normalized spacial score (nSPS) is 11.8. The molecule has 0 saturated heterocycles. The summed E-state index contributed by atoms with van der Waals surface area (Å²) >= 11 is 0. The van der Waals surface area contributed by atoms with E-state index in [1.54, 1.807) is 18.2 Å². The van der Waals surface area contributed by atoms with Crippen LogP contribution in [0.3, 0.4) is 0 Å². The summed E-state index contributed by atoms with van der Waals surface area (Å²) in [4.78, 5) is 39.6. The number of ether oxygens (including phenoxy) is 1. The molecule has 1 aromatic heterocycles. The van der Waals surface area contributed by atoms with Crippen LogP contribution in [-0.4, -0.2) is 35.4 Å². The van der Waals surface area contributed by atoms with E-state index in [1.165, 1.54) is 6.92 Å². The van der Waals surface area contributed by atoms with Gasteiger partial charge in [0.2, 0.25) is 5.91 Å². The zero-order valence-electron chi connectivity index (χ0n) is 17.4. The molecule has 7 nitrogen and oxygen atoms in total. The van der Waals surface area contributed by atoms with Gasteiger partial charge in [-0.3, -0.25) is 9.59 Å². The van der Waals surface area contributed by atoms with Crippen LogP contribution in [0.25, 0.3) is 10.9 Å². The fourth-order valence-corrected chi connectivity index (χ4v) is 3.00. The third-order valence-corrected chi connectivity index (χ3v) is 4.93. The lowest BCUT2D eigenvalue weighted by atomic mass is 10.1. The van der Waals surface area contributed by atoms with Crippen LogP contribution in [-0.2, 0) is 14.3 Å². The van der Waals surface area contributed by atoms with Gasteiger partial charge >= 0.3 is 5.97 Å². The van der Waals surface area contributed by atoms with E-state index in [9.17, 15) is 27.6 Å². The van der Waals surface area contributed by atoms with Crippen molar-refractivity contribution in [3.05, 3.63) is 64.6 Å². The summed E-state index contributed by atoms with van der Waals surface area (Å²) in [5.41, 5.74) is 2.51. The second kappa shape index (κ2) is 9.13. The van der Waals surface area contributed by atoms with E-state index in [4.69, 9.17) is 4.74 Å². The van der Waals surface area contributed by atoms with Crippen LogP contribution < -0.4 is 10.6 Å². The van der Waals surface area contributed by atoms with Crippen molar-refractivity contribution in [3.8, 4) is 0 Å².